The fraction of sp³-hybridized carbons (Fsp3) is 0.909. The van der Waals surface area contributed by atoms with Crippen molar-refractivity contribution in [1.29, 1.82) is 0 Å². The molecule has 1 saturated carbocycles. The van der Waals surface area contributed by atoms with Crippen LogP contribution < -0.4 is 0 Å². The van der Waals surface area contributed by atoms with Crippen molar-refractivity contribution in [2.45, 2.75) is 58.2 Å². The fourth-order valence-electron chi connectivity index (χ4n) is 2.08. The Morgan fingerprint density at radius 2 is 2.14 bits per heavy atom. The first kappa shape index (κ1) is 11.5. The number of carboxylic acids is 1. The Morgan fingerprint density at radius 1 is 1.50 bits per heavy atom. The average Bonchev–Trinajstić information content (AvgIpc) is 2.07. The van der Waals surface area contributed by atoms with Gasteiger partial charge in [-0.25, -0.2) is 0 Å². The molecule has 0 radical (unpaired) electrons. The van der Waals surface area contributed by atoms with Crippen LogP contribution in [0.1, 0.15) is 46.0 Å². The SMILES string of the molecule is CC1CCCCC1O[C@@H](C)CC(=O)O. The van der Waals surface area contributed by atoms with Gasteiger partial charge < -0.3 is 9.84 Å². The predicted molar refractivity (Wildman–Crippen MR) is 54.2 cm³/mol. The molecule has 1 aliphatic carbocycles. The van der Waals surface area contributed by atoms with Gasteiger partial charge in [-0.15, -0.1) is 0 Å². The van der Waals surface area contributed by atoms with E-state index in [4.69, 9.17) is 9.84 Å². The molecule has 82 valence electrons. The third-order valence-electron chi connectivity index (χ3n) is 2.90. The summed E-state index contributed by atoms with van der Waals surface area (Å²) in [5, 5.41) is 8.60. The van der Waals surface area contributed by atoms with Crippen LogP contribution >= 0.6 is 0 Å². The first-order valence-electron chi connectivity index (χ1n) is 5.47. The predicted octanol–water partition coefficient (Wildman–Crippen LogP) is 2.44. The second-order valence-corrected chi connectivity index (χ2v) is 4.34. The molecule has 1 rings (SSSR count). The molecule has 0 heterocycles. The normalized spacial score (nSPS) is 29.9. The Labute approximate surface area is 85.5 Å². The van der Waals surface area contributed by atoms with E-state index in [1.165, 1.54) is 19.3 Å². The summed E-state index contributed by atoms with van der Waals surface area (Å²) in [5.74, 6) is -0.194. The summed E-state index contributed by atoms with van der Waals surface area (Å²) < 4.78 is 5.73. The Hall–Kier alpha value is -0.570. The van der Waals surface area contributed by atoms with Gasteiger partial charge in [0.2, 0.25) is 0 Å². The second kappa shape index (κ2) is 5.35. The van der Waals surface area contributed by atoms with Crippen LogP contribution in [-0.4, -0.2) is 23.3 Å². The van der Waals surface area contributed by atoms with Crippen LogP contribution in [0.3, 0.4) is 0 Å². The molecule has 0 bridgehead atoms. The highest BCUT2D eigenvalue weighted by molar-refractivity contribution is 5.67. The quantitative estimate of drug-likeness (QED) is 0.758. The average molecular weight is 200 g/mol. The molecule has 0 aromatic rings. The van der Waals surface area contributed by atoms with Gasteiger partial charge in [-0.1, -0.05) is 19.8 Å². The van der Waals surface area contributed by atoms with Crippen molar-refractivity contribution in [1.82, 2.24) is 0 Å². The zero-order valence-corrected chi connectivity index (χ0v) is 9.03. The Kier molecular flexibility index (Phi) is 4.39. The molecule has 0 aromatic carbocycles. The lowest BCUT2D eigenvalue weighted by molar-refractivity contribution is -0.142. The maximum absolute atomic E-state index is 10.5. The molecular weight excluding hydrogens is 180 g/mol. The lowest BCUT2D eigenvalue weighted by Crippen LogP contribution is -2.30. The minimum absolute atomic E-state index is 0.114. The maximum Gasteiger partial charge on any atom is 0.305 e. The second-order valence-electron chi connectivity index (χ2n) is 4.34. The molecular formula is C11H20O3. The zero-order valence-electron chi connectivity index (χ0n) is 9.03. The number of carbonyl (C=O) groups is 1. The minimum atomic E-state index is -0.777. The van der Waals surface area contributed by atoms with Crippen LogP contribution in [0.5, 0.6) is 0 Å². The highest BCUT2D eigenvalue weighted by Gasteiger charge is 2.24. The van der Waals surface area contributed by atoms with E-state index in [9.17, 15) is 4.79 Å². The molecule has 1 aliphatic rings. The number of ether oxygens (including phenoxy) is 1. The van der Waals surface area contributed by atoms with Gasteiger partial charge in [0.25, 0.3) is 0 Å². The third kappa shape index (κ3) is 3.66. The van der Waals surface area contributed by atoms with E-state index >= 15 is 0 Å². The van der Waals surface area contributed by atoms with Gasteiger partial charge in [0, 0.05) is 0 Å². The van der Waals surface area contributed by atoms with Gasteiger partial charge in [-0.05, 0) is 25.7 Å². The molecule has 0 amide bonds. The lowest BCUT2D eigenvalue weighted by Gasteiger charge is -2.30. The molecule has 1 fully saturated rings. The van der Waals surface area contributed by atoms with Gasteiger partial charge in [-0.3, -0.25) is 4.79 Å². The summed E-state index contributed by atoms with van der Waals surface area (Å²) in [6.07, 6.45) is 5.04. The van der Waals surface area contributed by atoms with Gasteiger partial charge in [0.05, 0.1) is 18.6 Å². The van der Waals surface area contributed by atoms with Crippen LogP contribution in [0, 0.1) is 5.92 Å². The standard InChI is InChI=1S/C11H20O3/c1-8-5-3-4-6-10(8)14-9(2)7-11(12)13/h8-10H,3-7H2,1-2H3,(H,12,13)/t8?,9-,10?/m0/s1. The molecule has 2 unspecified atom stereocenters. The van der Waals surface area contributed by atoms with E-state index in [0.717, 1.165) is 6.42 Å². The van der Waals surface area contributed by atoms with Crippen molar-refractivity contribution < 1.29 is 14.6 Å². The highest BCUT2D eigenvalue weighted by Crippen LogP contribution is 2.27. The summed E-state index contributed by atoms with van der Waals surface area (Å²) in [4.78, 5) is 10.5. The first-order valence-corrected chi connectivity index (χ1v) is 5.47. The molecule has 3 heteroatoms. The van der Waals surface area contributed by atoms with Gasteiger partial charge >= 0.3 is 5.97 Å². The molecule has 3 nitrogen and oxygen atoms in total. The Balaban J connectivity index is 2.30. The molecule has 3 atom stereocenters. The number of carboxylic acid groups (broad SMARTS) is 1. The van der Waals surface area contributed by atoms with Gasteiger partial charge in [0.15, 0.2) is 0 Å². The third-order valence-corrected chi connectivity index (χ3v) is 2.90. The van der Waals surface area contributed by atoms with Crippen molar-refractivity contribution in [3.63, 3.8) is 0 Å². The van der Waals surface area contributed by atoms with Crippen molar-refractivity contribution in [2.24, 2.45) is 5.92 Å². The monoisotopic (exact) mass is 200 g/mol. The zero-order chi connectivity index (χ0) is 10.6. The molecule has 0 spiro atoms. The van der Waals surface area contributed by atoms with Crippen LogP contribution in [0.4, 0.5) is 0 Å². The molecule has 1 N–H and O–H groups in total. The first-order chi connectivity index (χ1) is 6.59. The number of hydrogen-bond acceptors (Lipinski definition) is 2. The number of aliphatic carboxylic acids is 1. The van der Waals surface area contributed by atoms with E-state index in [1.54, 1.807) is 0 Å². The summed E-state index contributed by atoms with van der Waals surface area (Å²) in [7, 11) is 0. The molecule has 0 aromatic heterocycles. The van der Waals surface area contributed by atoms with Crippen LogP contribution in [0.25, 0.3) is 0 Å². The smallest absolute Gasteiger partial charge is 0.305 e. The van der Waals surface area contributed by atoms with Crippen molar-refractivity contribution >= 4 is 5.97 Å². The van der Waals surface area contributed by atoms with Crippen molar-refractivity contribution in [2.75, 3.05) is 0 Å². The summed E-state index contributed by atoms with van der Waals surface area (Å²) in [6.45, 7) is 4.03. The van der Waals surface area contributed by atoms with E-state index < -0.39 is 5.97 Å². The number of rotatable bonds is 4. The van der Waals surface area contributed by atoms with Crippen LogP contribution in [-0.2, 0) is 9.53 Å². The maximum atomic E-state index is 10.5. The van der Waals surface area contributed by atoms with Crippen LogP contribution in [0.15, 0.2) is 0 Å². The largest absolute Gasteiger partial charge is 0.481 e. The van der Waals surface area contributed by atoms with E-state index in [2.05, 4.69) is 6.92 Å². The van der Waals surface area contributed by atoms with Gasteiger partial charge in [0.1, 0.15) is 0 Å². The highest BCUT2D eigenvalue weighted by atomic mass is 16.5. The Morgan fingerprint density at radius 3 is 2.71 bits per heavy atom. The lowest BCUT2D eigenvalue weighted by atomic mass is 9.88. The molecule has 0 saturated heterocycles. The van der Waals surface area contributed by atoms with Crippen LogP contribution in [0.2, 0.25) is 0 Å². The van der Waals surface area contributed by atoms with Crippen molar-refractivity contribution in [3.05, 3.63) is 0 Å². The van der Waals surface area contributed by atoms with E-state index in [0.29, 0.717) is 5.92 Å². The number of hydrogen-bond donors (Lipinski definition) is 1. The van der Waals surface area contributed by atoms with E-state index in [1.807, 2.05) is 6.92 Å². The molecule has 0 aliphatic heterocycles. The van der Waals surface area contributed by atoms with E-state index in [-0.39, 0.29) is 18.6 Å². The minimum Gasteiger partial charge on any atom is -0.481 e. The molecule has 14 heavy (non-hydrogen) atoms. The summed E-state index contributed by atoms with van der Waals surface area (Å²) in [6, 6.07) is 0. The topological polar surface area (TPSA) is 46.5 Å². The van der Waals surface area contributed by atoms with Gasteiger partial charge in [-0.2, -0.15) is 0 Å². The summed E-state index contributed by atoms with van der Waals surface area (Å²) >= 11 is 0. The van der Waals surface area contributed by atoms with Crippen molar-refractivity contribution in [3.8, 4) is 0 Å². The Bertz CT molecular complexity index is 191. The fourth-order valence-corrected chi connectivity index (χ4v) is 2.08. The summed E-state index contributed by atoms with van der Waals surface area (Å²) in [5.41, 5.74) is 0.